The number of nitriles is 2. The van der Waals surface area contributed by atoms with Crippen LogP contribution in [0.4, 0.5) is 5.69 Å². The predicted molar refractivity (Wildman–Crippen MR) is 158 cm³/mol. The molecule has 0 bridgehead atoms. The number of hydrogen-bond acceptors (Lipinski definition) is 6. The summed E-state index contributed by atoms with van der Waals surface area (Å²) in [4.78, 5) is 4.20. The maximum Gasteiger partial charge on any atom is 0.200 e. The molecule has 2 aromatic rings. The molecule has 0 saturated heterocycles. The van der Waals surface area contributed by atoms with E-state index in [1.165, 1.54) is 11.1 Å². The molecule has 2 unspecified atom stereocenters. The van der Waals surface area contributed by atoms with Gasteiger partial charge in [0.15, 0.2) is 5.76 Å². The lowest BCUT2D eigenvalue weighted by Gasteiger charge is -2.53. The van der Waals surface area contributed by atoms with E-state index in [9.17, 15) is 10.5 Å². The smallest absolute Gasteiger partial charge is 0.200 e. The number of aryl methyl sites for hydroxylation is 3. The normalized spacial score (nSPS) is 23.8. The summed E-state index contributed by atoms with van der Waals surface area (Å²) < 4.78 is 12.5. The van der Waals surface area contributed by atoms with Crippen molar-refractivity contribution in [2.45, 2.75) is 53.0 Å². The molecule has 5 rings (SSSR count). The van der Waals surface area contributed by atoms with Gasteiger partial charge in [0, 0.05) is 48.0 Å². The molecule has 2 aromatic carbocycles. The highest BCUT2D eigenvalue weighted by Gasteiger charge is 2.62. The van der Waals surface area contributed by atoms with Crippen molar-refractivity contribution in [2.75, 3.05) is 26.1 Å². The molecule has 3 aliphatic rings. The highest BCUT2D eigenvalue weighted by molar-refractivity contribution is 5.74. The quantitative estimate of drug-likeness (QED) is 0.405. The van der Waals surface area contributed by atoms with E-state index in [0.29, 0.717) is 11.5 Å². The number of likely N-dealkylation sites (N-methyl/N-ethyl adjacent to an activating group) is 1. The fraction of sp³-hybridized carbons (Fsp3) is 0.353. The van der Waals surface area contributed by atoms with Crippen molar-refractivity contribution in [2.24, 2.45) is 5.41 Å². The molecule has 2 heterocycles. The van der Waals surface area contributed by atoms with Gasteiger partial charge in [-0.05, 0) is 50.5 Å². The third-order valence-corrected chi connectivity index (χ3v) is 8.84. The summed E-state index contributed by atoms with van der Waals surface area (Å²) in [6.45, 7) is 12.8. The Balaban J connectivity index is 1.64. The average molecular weight is 533 g/mol. The summed E-state index contributed by atoms with van der Waals surface area (Å²) in [5.41, 5.74) is 7.46. The zero-order chi connectivity index (χ0) is 29.1. The van der Waals surface area contributed by atoms with Crippen LogP contribution in [0.25, 0.3) is 5.76 Å². The van der Waals surface area contributed by atoms with Gasteiger partial charge in [-0.3, -0.25) is 0 Å². The molecule has 6 heteroatoms. The lowest BCUT2D eigenvalue weighted by atomic mass is 9.54. The van der Waals surface area contributed by atoms with Gasteiger partial charge in [0.25, 0.3) is 0 Å². The molecule has 0 radical (unpaired) electrons. The van der Waals surface area contributed by atoms with E-state index in [1.807, 2.05) is 30.3 Å². The number of allylic oxidation sites excluding steroid dienone is 3. The zero-order valence-corrected chi connectivity index (χ0v) is 24.8. The molecular formula is C34H36N4O2. The van der Waals surface area contributed by atoms with Gasteiger partial charge in [-0.2, -0.15) is 10.5 Å². The Hall–Kier alpha value is -4.42. The van der Waals surface area contributed by atoms with Crippen molar-refractivity contribution in [1.29, 1.82) is 10.5 Å². The van der Waals surface area contributed by atoms with Gasteiger partial charge in [0.2, 0.25) is 5.88 Å². The molecule has 0 spiro atoms. The van der Waals surface area contributed by atoms with E-state index in [1.54, 1.807) is 7.11 Å². The Morgan fingerprint density at radius 1 is 1.02 bits per heavy atom. The van der Waals surface area contributed by atoms with Crippen LogP contribution < -0.4 is 4.90 Å². The Bertz CT molecular complexity index is 1600. The highest BCUT2D eigenvalue weighted by atomic mass is 16.5. The van der Waals surface area contributed by atoms with Crippen LogP contribution in [0.2, 0.25) is 0 Å². The Labute approximate surface area is 237 Å². The Kier molecular flexibility index (Phi) is 6.35. The maximum atomic E-state index is 10.1. The molecule has 2 aliphatic heterocycles. The molecule has 6 nitrogen and oxygen atoms in total. The van der Waals surface area contributed by atoms with Crippen LogP contribution in [-0.2, 0) is 14.9 Å². The van der Waals surface area contributed by atoms with Crippen molar-refractivity contribution in [3.63, 3.8) is 0 Å². The fourth-order valence-electron chi connectivity index (χ4n) is 7.57. The lowest BCUT2D eigenvalue weighted by molar-refractivity contribution is 0.132. The molecule has 40 heavy (non-hydrogen) atoms. The molecule has 0 fully saturated rings. The SMILES string of the molecule is COC1=C(C=C2OC(c3c(C)cc(C)cc3C)=CN2C)C(=C(C#N)C#N)C1(C)C1N(C)c2ccccc2C1(C)C. The molecule has 0 amide bonds. The van der Waals surface area contributed by atoms with Gasteiger partial charge in [-0.25, -0.2) is 0 Å². The number of para-hydroxylation sites is 1. The first-order valence-corrected chi connectivity index (χ1v) is 13.5. The standard InChI is InChI=1S/C34H36N4O2/c1-20-14-21(2)29(22(3)15-20)27-19-37(7)28(40-27)16-24-30(23(17-35)18-36)34(6,31(24)39-9)32-33(4,5)25-12-10-11-13-26(25)38(32)8/h10-16,19,32H,1-9H3. The number of anilines is 1. The van der Waals surface area contributed by atoms with Crippen LogP contribution >= 0.6 is 0 Å². The minimum absolute atomic E-state index is 0.0880. The number of nitrogens with zero attached hydrogens (tertiary/aromatic N) is 4. The second-order valence-electron chi connectivity index (χ2n) is 11.8. The number of benzene rings is 2. The molecule has 1 aliphatic carbocycles. The summed E-state index contributed by atoms with van der Waals surface area (Å²) in [6.07, 6.45) is 3.88. The monoisotopic (exact) mass is 532 g/mol. The molecule has 0 aromatic heterocycles. The number of methoxy groups -OCH3 is 1. The first-order chi connectivity index (χ1) is 18.9. The largest absolute Gasteiger partial charge is 0.499 e. The number of fused-ring (bicyclic) bond motifs is 1. The van der Waals surface area contributed by atoms with E-state index < -0.39 is 5.41 Å². The number of rotatable bonds is 4. The van der Waals surface area contributed by atoms with Crippen LogP contribution in [0.5, 0.6) is 0 Å². The van der Waals surface area contributed by atoms with Crippen molar-refractivity contribution in [1.82, 2.24) is 4.90 Å². The van der Waals surface area contributed by atoms with Gasteiger partial charge in [0.05, 0.1) is 24.8 Å². The van der Waals surface area contributed by atoms with Crippen LogP contribution in [0.3, 0.4) is 0 Å². The number of ether oxygens (including phenoxy) is 2. The third kappa shape index (κ3) is 3.67. The van der Waals surface area contributed by atoms with Crippen LogP contribution in [0, 0.1) is 48.8 Å². The first kappa shape index (κ1) is 27.2. The van der Waals surface area contributed by atoms with Crippen molar-refractivity contribution in [3.8, 4) is 12.1 Å². The summed E-state index contributed by atoms with van der Waals surface area (Å²) in [5, 5.41) is 20.2. The van der Waals surface area contributed by atoms with Crippen molar-refractivity contribution in [3.05, 3.63) is 105 Å². The second kappa shape index (κ2) is 9.35. The Morgan fingerprint density at radius 3 is 2.23 bits per heavy atom. The summed E-state index contributed by atoms with van der Waals surface area (Å²) in [6, 6.07) is 17.0. The van der Waals surface area contributed by atoms with Gasteiger partial charge < -0.3 is 19.3 Å². The molecule has 204 valence electrons. The third-order valence-electron chi connectivity index (χ3n) is 8.84. The van der Waals surface area contributed by atoms with E-state index in [-0.39, 0.29) is 17.0 Å². The van der Waals surface area contributed by atoms with Gasteiger partial charge in [-0.15, -0.1) is 0 Å². The summed E-state index contributed by atoms with van der Waals surface area (Å²) >= 11 is 0. The minimum Gasteiger partial charge on any atom is -0.499 e. The fourth-order valence-corrected chi connectivity index (χ4v) is 7.57. The summed E-state index contributed by atoms with van der Waals surface area (Å²) in [7, 11) is 5.68. The van der Waals surface area contributed by atoms with Crippen molar-refractivity contribution >= 4 is 11.4 Å². The summed E-state index contributed by atoms with van der Waals surface area (Å²) in [5.74, 6) is 2.11. The zero-order valence-electron chi connectivity index (χ0n) is 24.8. The average Bonchev–Trinajstić information content (AvgIpc) is 3.34. The van der Waals surface area contributed by atoms with Crippen molar-refractivity contribution < 1.29 is 9.47 Å². The van der Waals surface area contributed by atoms with Gasteiger partial charge in [-0.1, -0.05) is 49.7 Å². The minimum atomic E-state index is -0.712. The van der Waals surface area contributed by atoms with E-state index >= 15 is 0 Å². The highest BCUT2D eigenvalue weighted by Crippen LogP contribution is 2.63. The lowest BCUT2D eigenvalue weighted by Crippen LogP contribution is -2.57. The maximum absolute atomic E-state index is 10.1. The Morgan fingerprint density at radius 2 is 1.65 bits per heavy atom. The topological polar surface area (TPSA) is 72.5 Å². The number of hydrogen-bond donors (Lipinski definition) is 0. The molecular weight excluding hydrogens is 496 g/mol. The second-order valence-corrected chi connectivity index (χ2v) is 11.8. The molecule has 2 atom stereocenters. The van der Waals surface area contributed by atoms with E-state index in [2.05, 4.69) is 96.0 Å². The molecule has 0 N–H and O–H groups in total. The van der Waals surface area contributed by atoms with Gasteiger partial charge in [0.1, 0.15) is 23.5 Å². The van der Waals surface area contributed by atoms with Crippen LogP contribution in [-0.4, -0.2) is 32.1 Å². The van der Waals surface area contributed by atoms with Crippen LogP contribution in [0.1, 0.15) is 48.6 Å². The first-order valence-electron chi connectivity index (χ1n) is 13.5. The predicted octanol–water partition coefficient (Wildman–Crippen LogP) is 6.77. The van der Waals surface area contributed by atoms with Crippen LogP contribution in [0.15, 0.2) is 77.0 Å². The molecule has 0 saturated carbocycles. The van der Waals surface area contributed by atoms with E-state index in [0.717, 1.165) is 39.5 Å². The van der Waals surface area contributed by atoms with Gasteiger partial charge >= 0.3 is 0 Å². The van der Waals surface area contributed by atoms with E-state index in [4.69, 9.17) is 9.47 Å².